The normalized spacial score (nSPS) is 21.9. The fourth-order valence-corrected chi connectivity index (χ4v) is 6.87. The van der Waals surface area contributed by atoms with Gasteiger partial charge in [0.1, 0.15) is 18.2 Å². The molecule has 0 saturated carbocycles. The summed E-state index contributed by atoms with van der Waals surface area (Å²) in [6.45, 7) is 7.68. The lowest BCUT2D eigenvalue weighted by atomic mass is 9.97. The number of nitrogens with one attached hydrogen (secondary N) is 1. The summed E-state index contributed by atoms with van der Waals surface area (Å²) in [4.78, 5) is 37.1. The van der Waals surface area contributed by atoms with Crippen LogP contribution in [0.2, 0.25) is 0 Å². The van der Waals surface area contributed by atoms with Crippen LogP contribution in [0.4, 0.5) is 10.6 Å². The van der Waals surface area contributed by atoms with Gasteiger partial charge >= 0.3 is 6.09 Å². The molecule has 2 aliphatic heterocycles. The minimum atomic E-state index is -3.85. The van der Waals surface area contributed by atoms with E-state index in [-0.39, 0.29) is 28.5 Å². The lowest BCUT2D eigenvalue weighted by Gasteiger charge is -2.37. The third-order valence-electron chi connectivity index (χ3n) is 7.38. The Hall–Kier alpha value is -3.67. The Bertz CT molecular complexity index is 1490. The lowest BCUT2D eigenvalue weighted by molar-refractivity contribution is -0.134. The largest absolute Gasteiger partial charge is 0.465 e. The van der Waals surface area contributed by atoms with Gasteiger partial charge < -0.3 is 15.3 Å². The van der Waals surface area contributed by atoms with Gasteiger partial charge in [0.15, 0.2) is 5.65 Å². The molecule has 0 unspecified atom stereocenters. The van der Waals surface area contributed by atoms with Crippen LogP contribution in [0.1, 0.15) is 45.6 Å². The van der Waals surface area contributed by atoms with Crippen molar-refractivity contribution in [3.8, 4) is 0 Å². The van der Waals surface area contributed by atoms with Crippen LogP contribution in [0.5, 0.6) is 0 Å². The first-order chi connectivity index (χ1) is 17.9. The molecule has 0 aliphatic carbocycles. The zero-order valence-corrected chi connectivity index (χ0v) is 22.6. The van der Waals surface area contributed by atoms with Gasteiger partial charge in [-0.3, -0.25) is 9.69 Å². The van der Waals surface area contributed by atoms with Gasteiger partial charge in [-0.25, -0.2) is 27.2 Å². The molecule has 0 radical (unpaired) electrons. The molecule has 2 aromatic heterocycles. The van der Waals surface area contributed by atoms with Crippen LogP contribution < -0.4 is 5.32 Å². The van der Waals surface area contributed by atoms with E-state index in [1.807, 2.05) is 6.92 Å². The van der Waals surface area contributed by atoms with E-state index in [1.165, 1.54) is 17.4 Å². The number of benzene rings is 1. The quantitative estimate of drug-likeness (QED) is 0.503. The minimum absolute atomic E-state index is 0.0131. The van der Waals surface area contributed by atoms with Gasteiger partial charge in [0.2, 0.25) is 5.91 Å². The monoisotopic (exact) mass is 540 g/mol. The molecule has 202 valence electrons. The number of piperidine rings is 1. The fourth-order valence-electron chi connectivity index (χ4n) is 5.57. The van der Waals surface area contributed by atoms with Crippen molar-refractivity contribution in [1.82, 2.24) is 23.7 Å². The van der Waals surface area contributed by atoms with E-state index < -0.39 is 27.7 Å². The Morgan fingerprint density at radius 3 is 2.50 bits per heavy atom. The number of aryl methyl sites for hydroxylation is 1. The summed E-state index contributed by atoms with van der Waals surface area (Å²) in [6, 6.07) is 7.46. The van der Waals surface area contributed by atoms with E-state index in [4.69, 9.17) is 0 Å². The first kappa shape index (κ1) is 26.0. The predicted molar refractivity (Wildman–Crippen MR) is 141 cm³/mol. The molecule has 2 fully saturated rings. The van der Waals surface area contributed by atoms with Crippen LogP contribution in [0.3, 0.4) is 0 Å². The second kappa shape index (κ2) is 9.26. The van der Waals surface area contributed by atoms with Crippen LogP contribution in [0.15, 0.2) is 47.8 Å². The maximum Gasteiger partial charge on any atom is 0.408 e. The number of carboxylic acid groups (broad SMARTS) is 1. The van der Waals surface area contributed by atoms with E-state index in [0.717, 1.165) is 22.4 Å². The van der Waals surface area contributed by atoms with Crippen molar-refractivity contribution in [2.75, 3.05) is 11.9 Å². The number of anilines is 1. The average molecular weight is 541 g/mol. The first-order valence-electron chi connectivity index (χ1n) is 12.6. The van der Waals surface area contributed by atoms with Crippen molar-refractivity contribution in [3.05, 3.63) is 48.4 Å². The summed E-state index contributed by atoms with van der Waals surface area (Å²) in [7, 11) is -3.85. The van der Waals surface area contributed by atoms with Crippen LogP contribution in [0, 0.1) is 6.92 Å². The van der Waals surface area contributed by atoms with Gasteiger partial charge in [0, 0.05) is 30.4 Å². The van der Waals surface area contributed by atoms with Crippen molar-refractivity contribution in [2.45, 2.75) is 75.5 Å². The average Bonchev–Trinajstić information content (AvgIpc) is 3.41. The maximum atomic E-state index is 13.3. The summed E-state index contributed by atoms with van der Waals surface area (Å²) < 4.78 is 27.7. The molecule has 38 heavy (non-hydrogen) atoms. The van der Waals surface area contributed by atoms with Crippen molar-refractivity contribution in [3.63, 3.8) is 0 Å². The molecular formula is C26H32N6O5S. The van der Waals surface area contributed by atoms with E-state index in [1.54, 1.807) is 56.0 Å². The number of hydrogen-bond donors (Lipinski definition) is 2. The van der Waals surface area contributed by atoms with E-state index in [9.17, 15) is 23.1 Å². The number of rotatable bonds is 5. The highest BCUT2D eigenvalue weighted by molar-refractivity contribution is 7.90. The zero-order chi connectivity index (χ0) is 27.4. The third kappa shape index (κ3) is 4.46. The highest BCUT2D eigenvalue weighted by atomic mass is 32.2. The highest BCUT2D eigenvalue weighted by Gasteiger charge is 2.49. The van der Waals surface area contributed by atoms with Gasteiger partial charge in [-0.1, -0.05) is 17.7 Å². The van der Waals surface area contributed by atoms with Crippen LogP contribution in [-0.4, -0.2) is 79.5 Å². The summed E-state index contributed by atoms with van der Waals surface area (Å²) in [5.74, 6) is 0.309. The Labute approximate surface area is 221 Å². The summed E-state index contributed by atoms with van der Waals surface area (Å²) in [6.07, 6.45) is 3.67. The Morgan fingerprint density at radius 2 is 1.84 bits per heavy atom. The maximum absolute atomic E-state index is 13.3. The van der Waals surface area contributed by atoms with Gasteiger partial charge in [0.05, 0.1) is 10.3 Å². The van der Waals surface area contributed by atoms with Gasteiger partial charge in [-0.15, -0.1) is 0 Å². The Balaban J connectivity index is 1.37. The molecule has 11 nitrogen and oxygen atoms in total. The molecule has 2 amide bonds. The molecule has 0 spiro atoms. The van der Waals surface area contributed by atoms with Gasteiger partial charge in [-0.2, -0.15) is 0 Å². The first-order valence-corrected chi connectivity index (χ1v) is 14.1. The number of aromatic nitrogens is 3. The Kier molecular flexibility index (Phi) is 6.33. The number of fused-ring (bicyclic) bond motifs is 2. The van der Waals surface area contributed by atoms with Crippen molar-refractivity contribution in [2.24, 2.45) is 0 Å². The third-order valence-corrected chi connectivity index (χ3v) is 9.06. The number of hydrogen-bond acceptors (Lipinski definition) is 7. The molecule has 2 aliphatic rings. The summed E-state index contributed by atoms with van der Waals surface area (Å²) >= 11 is 0. The summed E-state index contributed by atoms with van der Waals surface area (Å²) in [5.41, 5.74) is 0.523. The molecule has 0 bridgehead atoms. The topological polar surface area (TPSA) is 138 Å². The standard InChI is InChI=1S/C26H32N6O5S/c1-16-5-9-19(10-6-16)38(36,37)31-12-11-20-22(27-15-28-23(20)31)29-17-7-8-18-13-21(24(33)30(18)14-17)32(25(34)35)26(2,3)4/h5-6,9-12,15,17-18,21H,7-8,13-14H2,1-4H3,(H,34,35)(H,27,28,29)/t17-,18+,21-/m0/s1. The van der Waals surface area contributed by atoms with Crippen molar-refractivity contribution >= 4 is 38.9 Å². The molecule has 1 aromatic carbocycles. The summed E-state index contributed by atoms with van der Waals surface area (Å²) in [5, 5.41) is 13.7. The number of carbonyl (C=O) groups excluding carboxylic acids is 1. The number of nitrogens with zero attached hydrogens (tertiary/aromatic N) is 5. The molecule has 5 rings (SSSR count). The molecule has 2 N–H and O–H groups in total. The molecule has 12 heteroatoms. The molecule has 3 aromatic rings. The van der Waals surface area contributed by atoms with Crippen molar-refractivity contribution < 1.29 is 23.1 Å². The second-order valence-electron chi connectivity index (χ2n) is 11.0. The molecule has 2 saturated heterocycles. The van der Waals surface area contributed by atoms with E-state index in [2.05, 4.69) is 15.3 Å². The fraction of sp³-hybridized carbons (Fsp3) is 0.462. The molecular weight excluding hydrogens is 508 g/mol. The van der Waals surface area contributed by atoms with Gasteiger partial charge in [0.25, 0.3) is 10.0 Å². The number of amides is 2. The second-order valence-corrected chi connectivity index (χ2v) is 12.8. The van der Waals surface area contributed by atoms with E-state index in [0.29, 0.717) is 24.2 Å². The predicted octanol–water partition coefficient (Wildman–Crippen LogP) is 3.30. The van der Waals surface area contributed by atoms with Gasteiger partial charge in [-0.05, 0) is 65.2 Å². The van der Waals surface area contributed by atoms with Crippen LogP contribution >= 0.6 is 0 Å². The van der Waals surface area contributed by atoms with Crippen LogP contribution in [-0.2, 0) is 14.8 Å². The highest BCUT2D eigenvalue weighted by Crippen LogP contribution is 2.35. The molecule has 3 atom stereocenters. The van der Waals surface area contributed by atoms with E-state index >= 15 is 0 Å². The molecule has 4 heterocycles. The smallest absolute Gasteiger partial charge is 0.408 e. The number of carbonyl (C=O) groups is 2. The minimum Gasteiger partial charge on any atom is -0.465 e. The Morgan fingerprint density at radius 1 is 1.13 bits per heavy atom. The SMILES string of the molecule is Cc1ccc(S(=O)(=O)n2ccc3c(N[C@H]4CC[C@@H]5C[C@H](N(C(=O)O)C(C)(C)C)C(=O)N5C4)ncnc32)cc1. The lowest BCUT2D eigenvalue weighted by Crippen LogP contribution is -2.54. The van der Waals surface area contributed by atoms with Crippen LogP contribution in [0.25, 0.3) is 11.0 Å². The van der Waals surface area contributed by atoms with Crippen molar-refractivity contribution in [1.29, 1.82) is 0 Å². The zero-order valence-electron chi connectivity index (χ0n) is 21.8.